The molecule has 0 unspecified atom stereocenters. The predicted octanol–water partition coefficient (Wildman–Crippen LogP) is 5.10. The van der Waals surface area contributed by atoms with E-state index in [9.17, 15) is 9.90 Å². The number of unbranched alkanes of at least 4 members (excludes halogenated alkanes) is 3. The Morgan fingerprint density at radius 2 is 1.91 bits per heavy atom. The van der Waals surface area contributed by atoms with E-state index in [2.05, 4.69) is 25.2 Å². The third-order valence-corrected chi connectivity index (χ3v) is 4.60. The highest BCUT2D eigenvalue weighted by atomic mass is 16.4. The van der Waals surface area contributed by atoms with Crippen molar-refractivity contribution in [2.45, 2.75) is 83.7 Å². The third kappa shape index (κ3) is 11.1. The van der Waals surface area contributed by atoms with Crippen molar-refractivity contribution in [2.24, 2.45) is 11.8 Å². The maximum atomic E-state index is 10.4. The van der Waals surface area contributed by atoms with Gasteiger partial charge in [-0.25, -0.2) is 0 Å². The molecule has 132 valence electrons. The zero-order valence-corrected chi connectivity index (χ0v) is 14.6. The van der Waals surface area contributed by atoms with Crippen LogP contribution in [0.15, 0.2) is 24.3 Å². The second-order valence-corrected chi connectivity index (χ2v) is 6.82. The fourth-order valence-electron chi connectivity index (χ4n) is 2.98. The van der Waals surface area contributed by atoms with Gasteiger partial charge in [0, 0.05) is 6.42 Å². The Labute approximate surface area is 141 Å². The van der Waals surface area contributed by atoms with Crippen molar-refractivity contribution in [3.8, 4) is 0 Å². The summed E-state index contributed by atoms with van der Waals surface area (Å²) in [6, 6.07) is 0. The van der Waals surface area contributed by atoms with E-state index in [1.165, 1.54) is 25.7 Å². The summed E-state index contributed by atoms with van der Waals surface area (Å²) in [6.45, 7) is 2.18. The lowest BCUT2D eigenvalue weighted by Crippen LogP contribution is -2.01. The van der Waals surface area contributed by atoms with E-state index < -0.39 is 5.97 Å². The first-order valence-corrected chi connectivity index (χ1v) is 9.35. The molecule has 0 bridgehead atoms. The number of carbonyl (C=O) groups is 1. The lowest BCUT2D eigenvalue weighted by Gasteiger charge is -2.04. The van der Waals surface area contributed by atoms with Gasteiger partial charge in [-0.1, -0.05) is 50.5 Å². The molecule has 1 fully saturated rings. The molecule has 0 heterocycles. The number of rotatable bonds is 14. The van der Waals surface area contributed by atoms with E-state index in [1.54, 1.807) is 0 Å². The van der Waals surface area contributed by atoms with Crippen LogP contribution < -0.4 is 0 Å². The minimum atomic E-state index is -0.706. The molecule has 1 aliphatic carbocycles. The molecular weight excluding hydrogens is 288 g/mol. The second kappa shape index (κ2) is 12.3. The van der Waals surface area contributed by atoms with Gasteiger partial charge in [0.25, 0.3) is 0 Å². The number of aliphatic hydroxyl groups excluding tert-OH is 1. The summed E-state index contributed by atoms with van der Waals surface area (Å²) in [4.78, 5) is 10.4. The molecule has 3 heteroatoms. The van der Waals surface area contributed by atoms with Gasteiger partial charge in [0.2, 0.25) is 0 Å². The third-order valence-electron chi connectivity index (χ3n) is 4.60. The van der Waals surface area contributed by atoms with Crippen molar-refractivity contribution in [1.82, 2.24) is 0 Å². The van der Waals surface area contributed by atoms with Crippen LogP contribution in [0.1, 0.15) is 77.6 Å². The van der Waals surface area contributed by atoms with Gasteiger partial charge in [-0.3, -0.25) is 4.79 Å². The van der Waals surface area contributed by atoms with Gasteiger partial charge >= 0.3 is 5.97 Å². The predicted molar refractivity (Wildman–Crippen MR) is 95.4 cm³/mol. The summed E-state index contributed by atoms with van der Waals surface area (Å²) >= 11 is 0. The van der Waals surface area contributed by atoms with Crippen molar-refractivity contribution in [1.29, 1.82) is 0 Å². The first-order valence-electron chi connectivity index (χ1n) is 9.35. The molecule has 0 saturated heterocycles. The SMILES string of the molecule is CCCCC[C@@H](O)/C=C/C[C@H]1C[C@@H]1CC/C=C\CCCC(=O)O. The molecule has 0 aromatic carbocycles. The maximum absolute atomic E-state index is 10.4. The highest BCUT2D eigenvalue weighted by Crippen LogP contribution is 2.44. The number of allylic oxidation sites excluding steroid dienone is 3. The zero-order valence-electron chi connectivity index (χ0n) is 14.6. The second-order valence-electron chi connectivity index (χ2n) is 6.82. The van der Waals surface area contributed by atoms with E-state index in [-0.39, 0.29) is 12.5 Å². The van der Waals surface area contributed by atoms with Crippen molar-refractivity contribution in [2.75, 3.05) is 0 Å². The van der Waals surface area contributed by atoms with Crippen molar-refractivity contribution < 1.29 is 15.0 Å². The Morgan fingerprint density at radius 3 is 2.65 bits per heavy atom. The average Bonchev–Trinajstić information content (AvgIpc) is 3.24. The summed E-state index contributed by atoms with van der Waals surface area (Å²) in [5.41, 5.74) is 0. The van der Waals surface area contributed by atoms with Crippen LogP contribution in [0, 0.1) is 11.8 Å². The van der Waals surface area contributed by atoms with E-state index in [1.807, 2.05) is 6.08 Å². The molecule has 0 spiro atoms. The standard InChI is InChI=1S/C20H34O3/c1-2-3-7-13-19(21)14-10-12-18-16-17(18)11-8-5-4-6-9-15-20(22)23/h4-5,10,14,17-19,21H,2-3,6-9,11-13,15-16H2,1H3,(H,22,23)/b5-4-,14-10+/t17-,18-,19+/m0/s1. The maximum Gasteiger partial charge on any atom is 0.303 e. The summed E-state index contributed by atoms with van der Waals surface area (Å²) in [5.74, 6) is 0.956. The van der Waals surface area contributed by atoms with Gasteiger partial charge < -0.3 is 10.2 Å². The Bertz CT molecular complexity index is 373. The van der Waals surface area contributed by atoms with E-state index >= 15 is 0 Å². The number of hydrogen-bond acceptors (Lipinski definition) is 2. The molecule has 1 aliphatic rings. The molecule has 23 heavy (non-hydrogen) atoms. The first kappa shape index (κ1) is 20.0. The summed E-state index contributed by atoms with van der Waals surface area (Å²) in [6.07, 6.45) is 19.3. The van der Waals surface area contributed by atoms with Gasteiger partial charge in [-0.2, -0.15) is 0 Å². The Hall–Kier alpha value is -1.09. The van der Waals surface area contributed by atoms with Crippen LogP contribution in [-0.2, 0) is 4.79 Å². The molecule has 0 radical (unpaired) electrons. The monoisotopic (exact) mass is 322 g/mol. The summed E-state index contributed by atoms with van der Waals surface area (Å²) < 4.78 is 0. The minimum Gasteiger partial charge on any atom is -0.481 e. The number of aliphatic carboxylic acids is 1. The Kier molecular flexibility index (Phi) is 10.7. The van der Waals surface area contributed by atoms with E-state index in [0.717, 1.165) is 50.4 Å². The average molecular weight is 322 g/mol. The van der Waals surface area contributed by atoms with Crippen LogP contribution in [0.5, 0.6) is 0 Å². The van der Waals surface area contributed by atoms with Crippen LogP contribution in [0.25, 0.3) is 0 Å². The lowest BCUT2D eigenvalue weighted by atomic mass is 10.1. The molecular formula is C20H34O3. The van der Waals surface area contributed by atoms with E-state index in [4.69, 9.17) is 5.11 Å². The quantitative estimate of drug-likeness (QED) is 0.345. The van der Waals surface area contributed by atoms with Gasteiger partial charge in [-0.05, 0) is 56.8 Å². The molecule has 0 aromatic rings. The van der Waals surface area contributed by atoms with E-state index in [0.29, 0.717) is 0 Å². The van der Waals surface area contributed by atoms with Gasteiger partial charge in [0.15, 0.2) is 0 Å². The summed E-state index contributed by atoms with van der Waals surface area (Å²) in [5, 5.41) is 18.4. The fraction of sp³-hybridized carbons (Fsp3) is 0.750. The Morgan fingerprint density at radius 1 is 1.13 bits per heavy atom. The molecule has 1 saturated carbocycles. The largest absolute Gasteiger partial charge is 0.481 e. The first-order chi connectivity index (χ1) is 11.1. The highest BCUT2D eigenvalue weighted by molar-refractivity contribution is 5.66. The molecule has 1 rings (SSSR count). The fourth-order valence-corrected chi connectivity index (χ4v) is 2.98. The number of carboxylic acid groups (broad SMARTS) is 1. The van der Waals surface area contributed by atoms with Crippen LogP contribution >= 0.6 is 0 Å². The van der Waals surface area contributed by atoms with Gasteiger partial charge in [0.1, 0.15) is 0 Å². The Balaban J connectivity index is 1.96. The summed E-state index contributed by atoms with van der Waals surface area (Å²) in [7, 11) is 0. The molecule has 3 nitrogen and oxygen atoms in total. The van der Waals surface area contributed by atoms with Crippen LogP contribution in [-0.4, -0.2) is 22.3 Å². The minimum absolute atomic E-state index is 0.257. The van der Waals surface area contributed by atoms with Crippen molar-refractivity contribution >= 4 is 5.97 Å². The van der Waals surface area contributed by atoms with Crippen LogP contribution in [0.3, 0.4) is 0 Å². The number of hydrogen-bond donors (Lipinski definition) is 2. The lowest BCUT2D eigenvalue weighted by molar-refractivity contribution is -0.137. The van der Waals surface area contributed by atoms with Crippen LogP contribution in [0.4, 0.5) is 0 Å². The molecule has 2 N–H and O–H groups in total. The molecule has 0 amide bonds. The van der Waals surface area contributed by atoms with Crippen molar-refractivity contribution in [3.63, 3.8) is 0 Å². The van der Waals surface area contributed by atoms with Crippen molar-refractivity contribution in [3.05, 3.63) is 24.3 Å². The molecule has 0 aromatic heterocycles. The zero-order chi connectivity index (χ0) is 16.9. The highest BCUT2D eigenvalue weighted by Gasteiger charge is 2.34. The number of aliphatic hydroxyl groups is 1. The topological polar surface area (TPSA) is 57.5 Å². The van der Waals surface area contributed by atoms with Gasteiger partial charge in [0.05, 0.1) is 6.10 Å². The smallest absolute Gasteiger partial charge is 0.303 e. The molecule has 3 atom stereocenters. The van der Waals surface area contributed by atoms with Gasteiger partial charge in [-0.15, -0.1) is 0 Å². The van der Waals surface area contributed by atoms with Crippen LogP contribution in [0.2, 0.25) is 0 Å². The number of carboxylic acids is 1. The normalized spacial score (nSPS) is 22.0. The molecule has 0 aliphatic heterocycles.